The third kappa shape index (κ3) is 1.73. The van der Waals surface area contributed by atoms with Crippen molar-refractivity contribution in [2.75, 3.05) is 0 Å². The van der Waals surface area contributed by atoms with Gasteiger partial charge in [-0.3, -0.25) is 4.79 Å². The second-order valence-electron chi connectivity index (χ2n) is 4.89. The molecule has 0 radical (unpaired) electrons. The van der Waals surface area contributed by atoms with E-state index < -0.39 is 0 Å². The fraction of sp³-hybridized carbons (Fsp3) is 0.615. The van der Waals surface area contributed by atoms with Gasteiger partial charge in [0, 0.05) is 23.0 Å². The molecule has 2 rings (SSSR count). The van der Waals surface area contributed by atoms with Crippen LogP contribution in [0.5, 0.6) is 0 Å². The van der Waals surface area contributed by atoms with E-state index in [1.807, 2.05) is 6.07 Å². The standard InChI is InChI=1S/C13H19NO/c1-9-4-5-13(6-9)14-10(2)7-12(8-15)11(14)3/h7-9,13H,4-6H2,1-3H3. The smallest absolute Gasteiger partial charge is 0.151 e. The average molecular weight is 205 g/mol. The molecule has 0 aliphatic heterocycles. The van der Waals surface area contributed by atoms with Crippen LogP contribution in [0.25, 0.3) is 0 Å². The molecule has 1 saturated carbocycles. The van der Waals surface area contributed by atoms with E-state index in [4.69, 9.17) is 0 Å². The summed E-state index contributed by atoms with van der Waals surface area (Å²) >= 11 is 0. The van der Waals surface area contributed by atoms with E-state index in [0.29, 0.717) is 6.04 Å². The Morgan fingerprint density at radius 3 is 2.60 bits per heavy atom. The molecule has 0 amide bonds. The molecular weight excluding hydrogens is 186 g/mol. The third-order valence-corrected chi connectivity index (χ3v) is 3.68. The first-order valence-electron chi connectivity index (χ1n) is 5.77. The summed E-state index contributed by atoms with van der Waals surface area (Å²) in [5.41, 5.74) is 3.22. The molecule has 0 N–H and O–H groups in total. The minimum Gasteiger partial charge on any atom is -0.345 e. The van der Waals surface area contributed by atoms with Crippen LogP contribution in [0, 0.1) is 19.8 Å². The van der Waals surface area contributed by atoms with Crippen LogP contribution in [0.3, 0.4) is 0 Å². The lowest BCUT2D eigenvalue weighted by atomic mass is 10.1. The molecule has 2 heteroatoms. The van der Waals surface area contributed by atoms with E-state index in [-0.39, 0.29) is 0 Å². The zero-order chi connectivity index (χ0) is 11.0. The fourth-order valence-electron chi connectivity index (χ4n) is 2.90. The normalized spacial score (nSPS) is 25.8. The lowest BCUT2D eigenvalue weighted by Gasteiger charge is -2.17. The van der Waals surface area contributed by atoms with E-state index in [0.717, 1.165) is 23.5 Å². The highest BCUT2D eigenvalue weighted by Gasteiger charge is 2.25. The molecule has 15 heavy (non-hydrogen) atoms. The molecule has 1 heterocycles. The SMILES string of the molecule is Cc1cc(C=O)c(C)n1C1CCC(C)C1. The van der Waals surface area contributed by atoms with Gasteiger partial charge in [0.05, 0.1) is 0 Å². The van der Waals surface area contributed by atoms with Gasteiger partial charge < -0.3 is 4.57 Å². The van der Waals surface area contributed by atoms with E-state index in [9.17, 15) is 4.79 Å². The summed E-state index contributed by atoms with van der Waals surface area (Å²) in [6.45, 7) is 6.47. The van der Waals surface area contributed by atoms with Gasteiger partial charge >= 0.3 is 0 Å². The van der Waals surface area contributed by atoms with Gasteiger partial charge in [0.2, 0.25) is 0 Å². The first-order valence-corrected chi connectivity index (χ1v) is 5.77. The molecule has 1 aliphatic carbocycles. The zero-order valence-corrected chi connectivity index (χ0v) is 9.79. The van der Waals surface area contributed by atoms with Crippen molar-refractivity contribution in [3.05, 3.63) is 23.0 Å². The van der Waals surface area contributed by atoms with Crippen molar-refractivity contribution in [2.45, 2.75) is 46.1 Å². The summed E-state index contributed by atoms with van der Waals surface area (Å²) in [5.74, 6) is 0.830. The van der Waals surface area contributed by atoms with Crippen molar-refractivity contribution in [3.8, 4) is 0 Å². The molecule has 1 aromatic rings. The maximum atomic E-state index is 10.9. The highest BCUT2D eigenvalue weighted by Crippen LogP contribution is 2.36. The average Bonchev–Trinajstić information content (AvgIpc) is 2.71. The summed E-state index contributed by atoms with van der Waals surface area (Å²) < 4.78 is 2.35. The first kappa shape index (κ1) is 10.5. The zero-order valence-electron chi connectivity index (χ0n) is 9.79. The Kier molecular flexibility index (Phi) is 2.68. The lowest BCUT2D eigenvalue weighted by molar-refractivity contribution is 0.112. The van der Waals surface area contributed by atoms with Crippen molar-refractivity contribution >= 4 is 6.29 Å². The van der Waals surface area contributed by atoms with Crippen LogP contribution >= 0.6 is 0 Å². The summed E-state index contributed by atoms with van der Waals surface area (Å²) in [7, 11) is 0. The monoisotopic (exact) mass is 205 g/mol. The van der Waals surface area contributed by atoms with Gasteiger partial charge in [-0.05, 0) is 45.1 Å². The third-order valence-electron chi connectivity index (χ3n) is 3.68. The Bertz CT molecular complexity index is 378. The number of aromatic nitrogens is 1. The summed E-state index contributed by atoms with van der Waals surface area (Å²) in [5, 5.41) is 0. The second-order valence-corrected chi connectivity index (χ2v) is 4.89. The minimum atomic E-state index is 0.619. The Balaban J connectivity index is 2.35. The van der Waals surface area contributed by atoms with E-state index in [1.54, 1.807) is 0 Å². The molecule has 2 unspecified atom stereocenters. The Labute approximate surface area is 91.3 Å². The number of hydrogen-bond donors (Lipinski definition) is 0. The Morgan fingerprint density at radius 2 is 2.13 bits per heavy atom. The number of nitrogens with zero attached hydrogens (tertiary/aromatic N) is 1. The van der Waals surface area contributed by atoms with Crippen LogP contribution in [-0.4, -0.2) is 10.9 Å². The van der Waals surface area contributed by atoms with Gasteiger partial charge in [0.25, 0.3) is 0 Å². The largest absolute Gasteiger partial charge is 0.345 e. The molecule has 1 aromatic heterocycles. The molecule has 2 atom stereocenters. The van der Waals surface area contributed by atoms with Crippen LogP contribution in [0.2, 0.25) is 0 Å². The highest BCUT2D eigenvalue weighted by molar-refractivity contribution is 5.77. The number of aldehydes is 1. The maximum absolute atomic E-state index is 10.9. The molecule has 2 nitrogen and oxygen atoms in total. The number of carbonyl (C=O) groups is 1. The van der Waals surface area contributed by atoms with Gasteiger partial charge in [0.1, 0.15) is 0 Å². The van der Waals surface area contributed by atoms with Gasteiger partial charge in [-0.25, -0.2) is 0 Å². The van der Waals surface area contributed by atoms with Crippen LogP contribution in [0.15, 0.2) is 6.07 Å². The number of hydrogen-bond acceptors (Lipinski definition) is 1. The van der Waals surface area contributed by atoms with Crippen molar-refractivity contribution in [2.24, 2.45) is 5.92 Å². The predicted octanol–water partition coefficient (Wildman–Crippen LogP) is 3.28. The van der Waals surface area contributed by atoms with E-state index in [1.165, 1.54) is 25.0 Å². The van der Waals surface area contributed by atoms with Crippen LogP contribution in [0.4, 0.5) is 0 Å². The second kappa shape index (κ2) is 3.84. The molecule has 0 aromatic carbocycles. The van der Waals surface area contributed by atoms with Gasteiger partial charge in [0.15, 0.2) is 6.29 Å². The Morgan fingerprint density at radius 1 is 1.40 bits per heavy atom. The van der Waals surface area contributed by atoms with Gasteiger partial charge in [-0.2, -0.15) is 0 Å². The molecule has 1 fully saturated rings. The van der Waals surface area contributed by atoms with Crippen molar-refractivity contribution in [1.29, 1.82) is 0 Å². The van der Waals surface area contributed by atoms with Crippen molar-refractivity contribution in [3.63, 3.8) is 0 Å². The first-order chi connectivity index (χ1) is 7.13. The van der Waals surface area contributed by atoms with Gasteiger partial charge in [-0.1, -0.05) is 6.92 Å². The summed E-state index contributed by atoms with van der Waals surface area (Å²) in [4.78, 5) is 10.9. The quantitative estimate of drug-likeness (QED) is 0.679. The minimum absolute atomic E-state index is 0.619. The summed E-state index contributed by atoms with van der Waals surface area (Å²) in [6.07, 6.45) is 4.81. The highest BCUT2D eigenvalue weighted by atomic mass is 16.1. The molecule has 1 aliphatic rings. The number of rotatable bonds is 2. The Hall–Kier alpha value is -1.05. The summed E-state index contributed by atoms with van der Waals surface area (Å²) in [6, 6.07) is 2.62. The van der Waals surface area contributed by atoms with Crippen LogP contribution in [0.1, 0.15) is 54.0 Å². The van der Waals surface area contributed by atoms with Crippen LogP contribution in [-0.2, 0) is 0 Å². The predicted molar refractivity (Wildman–Crippen MR) is 61.3 cm³/mol. The van der Waals surface area contributed by atoms with Crippen molar-refractivity contribution < 1.29 is 4.79 Å². The molecule has 0 saturated heterocycles. The molecular formula is C13H19NO. The topological polar surface area (TPSA) is 22.0 Å². The molecule has 82 valence electrons. The van der Waals surface area contributed by atoms with E-state index in [2.05, 4.69) is 25.3 Å². The maximum Gasteiger partial charge on any atom is 0.151 e. The fourth-order valence-corrected chi connectivity index (χ4v) is 2.90. The number of aryl methyl sites for hydroxylation is 1. The van der Waals surface area contributed by atoms with Gasteiger partial charge in [-0.15, -0.1) is 0 Å². The lowest BCUT2D eigenvalue weighted by Crippen LogP contribution is -2.09. The number of carbonyl (C=O) groups excluding carboxylic acids is 1. The molecule has 0 spiro atoms. The molecule has 0 bridgehead atoms. The van der Waals surface area contributed by atoms with Crippen LogP contribution < -0.4 is 0 Å². The van der Waals surface area contributed by atoms with E-state index >= 15 is 0 Å². The van der Waals surface area contributed by atoms with Crippen molar-refractivity contribution in [1.82, 2.24) is 4.57 Å².